The fourth-order valence-corrected chi connectivity index (χ4v) is 2.00. The molecule has 0 bridgehead atoms. The van der Waals surface area contributed by atoms with Gasteiger partial charge in [-0.25, -0.2) is 0 Å². The van der Waals surface area contributed by atoms with Gasteiger partial charge in [-0.05, 0) is 29.8 Å². The largest absolute Gasteiger partial charge is 0.507 e. The molecule has 0 aromatic heterocycles. The molecule has 0 saturated heterocycles. The van der Waals surface area contributed by atoms with Crippen LogP contribution in [0.4, 0.5) is 0 Å². The molecule has 1 unspecified atom stereocenters. The maximum atomic E-state index is 12.1. The number of phenols is 1. The molecule has 0 aliphatic carbocycles. The quantitative estimate of drug-likeness (QED) is 0.885. The van der Waals surface area contributed by atoms with Crippen LogP contribution < -0.4 is 5.32 Å². The first-order valence-electron chi connectivity index (χ1n) is 6.13. The van der Waals surface area contributed by atoms with Gasteiger partial charge in [-0.1, -0.05) is 24.3 Å². The summed E-state index contributed by atoms with van der Waals surface area (Å²) in [5.41, 5.74) is 0.279. The molecule has 4 heteroatoms. The lowest BCUT2D eigenvalue weighted by molar-refractivity contribution is 0.0903. The lowest BCUT2D eigenvalue weighted by Crippen LogP contribution is -2.35. The van der Waals surface area contributed by atoms with E-state index in [0.717, 1.165) is 10.8 Å². The van der Waals surface area contributed by atoms with Crippen LogP contribution >= 0.6 is 0 Å². The molecule has 0 aliphatic rings. The number of carbonyl (C=O) groups is 1. The standard InChI is InChI=1S/C15H17NO3/c1-10(9-19-2)16-15(18)13-7-11-5-3-4-6-12(11)8-14(13)17/h3-8,10,17H,9H2,1-2H3,(H,16,18). The molecule has 19 heavy (non-hydrogen) atoms. The van der Waals surface area contributed by atoms with Crippen LogP contribution in [0, 0.1) is 0 Å². The minimum atomic E-state index is -0.298. The minimum Gasteiger partial charge on any atom is -0.507 e. The summed E-state index contributed by atoms with van der Waals surface area (Å²) in [6.45, 7) is 2.28. The second-order valence-corrected chi connectivity index (χ2v) is 4.55. The lowest BCUT2D eigenvalue weighted by Gasteiger charge is -2.13. The third kappa shape index (κ3) is 3.03. The SMILES string of the molecule is COCC(C)NC(=O)c1cc2ccccc2cc1O. The Hall–Kier alpha value is -2.07. The van der Waals surface area contributed by atoms with Gasteiger partial charge in [-0.3, -0.25) is 4.79 Å². The van der Waals surface area contributed by atoms with E-state index in [1.165, 1.54) is 0 Å². The van der Waals surface area contributed by atoms with E-state index < -0.39 is 0 Å². The van der Waals surface area contributed by atoms with E-state index in [4.69, 9.17) is 4.74 Å². The van der Waals surface area contributed by atoms with Crippen molar-refractivity contribution in [3.8, 4) is 5.75 Å². The summed E-state index contributed by atoms with van der Waals surface area (Å²) in [4.78, 5) is 12.1. The molecule has 2 aromatic carbocycles. The average Bonchev–Trinajstić information content (AvgIpc) is 2.38. The third-order valence-corrected chi connectivity index (χ3v) is 2.90. The predicted molar refractivity (Wildman–Crippen MR) is 74.4 cm³/mol. The van der Waals surface area contributed by atoms with Gasteiger partial charge in [0.15, 0.2) is 0 Å². The number of phenolic OH excluding ortho intramolecular Hbond substituents is 1. The number of hydrogen-bond acceptors (Lipinski definition) is 3. The van der Waals surface area contributed by atoms with Crippen LogP contribution in [0.5, 0.6) is 5.75 Å². The van der Waals surface area contributed by atoms with Gasteiger partial charge in [0.05, 0.1) is 12.2 Å². The molecule has 0 spiro atoms. The van der Waals surface area contributed by atoms with Crippen molar-refractivity contribution in [1.29, 1.82) is 0 Å². The molecule has 0 aliphatic heterocycles. The van der Waals surface area contributed by atoms with E-state index in [9.17, 15) is 9.90 Å². The summed E-state index contributed by atoms with van der Waals surface area (Å²) in [5, 5.41) is 14.5. The van der Waals surface area contributed by atoms with Crippen LogP contribution in [0.15, 0.2) is 36.4 Å². The summed E-state index contributed by atoms with van der Waals surface area (Å²) in [5.74, 6) is -0.311. The lowest BCUT2D eigenvalue weighted by atomic mass is 10.1. The van der Waals surface area contributed by atoms with Crippen molar-refractivity contribution < 1.29 is 14.6 Å². The van der Waals surface area contributed by atoms with E-state index in [0.29, 0.717) is 6.61 Å². The number of benzene rings is 2. The Kier molecular flexibility index (Phi) is 4.02. The van der Waals surface area contributed by atoms with Crippen molar-refractivity contribution in [2.24, 2.45) is 0 Å². The fourth-order valence-electron chi connectivity index (χ4n) is 2.00. The first-order valence-corrected chi connectivity index (χ1v) is 6.13. The molecular weight excluding hydrogens is 242 g/mol. The molecule has 0 fully saturated rings. The molecule has 0 radical (unpaired) electrons. The second kappa shape index (κ2) is 5.71. The van der Waals surface area contributed by atoms with Crippen molar-refractivity contribution in [2.45, 2.75) is 13.0 Å². The van der Waals surface area contributed by atoms with E-state index >= 15 is 0 Å². The summed E-state index contributed by atoms with van der Waals surface area (Å²) < 4.78 is 4.96. The van der Waals surface area contributed by atoms with E-state index in [-0.39, 0.29) is 23.3 Å². The Bertz CT molecular complexity index is 595. The zero-order valence-corrected chi connectivity index (χ0v) is 11.0. The summed E-state index contributed by atoms with van der Waals surface area (Å²) >= 11 is 0. The van der Waals surface area contributed by atoms with Crippen LogP contribution in [0.2, 0.25) is 0 Å². The van der Waals surface area contributed by atoms with Gasteiger partial charge in [0.1, 0.15) is 5.75 Å². The van der Waals surface area contributed by atoms with Gasteiger partial charge < -0.3 is 15.2 Å². The van der Waals surface area contributed by atoms with Crippen LogP contribution in [0.1, 0.15) is 17.3 Å². The molecule has 2 N–H and O–H groups in total. The molecule has 1 amide bonds. The predicted octanol–water partition coefficient (Wildman–Crippen LogP) is 2.31. The Balaban J connectivity index is 2.29. The smallest absolute Gasteiger partial charge is 0.255 e. The summed E-state index contributed by atoms with van der Waals surface area (Å²) in [7, 11) is 1.58. The van der Waals surface area contributed by atoms with Crippen LogP contribution in [0.25, 0.3) is 10.8 Å². The van der Waals surface area contributed by atoms with Gasteiger partial charge >= 0.3 is 0 Å². The Morgan fingerprint density at radius 2 is 1.95 bits per heavy atom. The second-order valence-electron chi connectivity index (χ2n) is 4.55. The van der Waals surface area contributed by atoms with Crippen LogP contribution in [-0.2, 0) is 4.74 Å². The first kappa shape index (κ1) is 13.4. The average molecular weight is 259 g/mol. The van der Waals surface area contributed by atoms with Gasteiger partial charge in [0.25, 0.3) is 5.91 Å². The molecule has 0 heterocycles. The number of hydrogen-bond donors (Lipinski definition) is 2. The van der Waals surface area contributed by atoms with Crippen molar-refractivity contribution in [2.75, 3.05) is 13.7 Å². The van der Waals surface area contributed by atoms with Gasteiger partial charge in [0, 0.05) is 13.2 Å². The Labute approximate surface area is 112 Å². The number of methoxy groups -OCH3 is 1. The van der Waals surface area contributed by atoms with E-state index in [1.807, 2.05) is 31.2 Å². The third-order valence-electron chi connectivity index (χ3n) is 2.90. The number of aromatic hydroxyl groups is 1. The first-order chi connectivity index (χ1) is 9.11. The van der Waals surface area contributed by atoms with Crippen molar-refractivity contribution in [1.82, 2.24) is 5.32 Å². The Morgan fingerprint density at radius 1 is 1.32 bits per heavy atom. The van der Waals surface area contributed by atoms with Gasteiger partial charge in [-0.15, -0.1) is 0 Å². The highest BCUT2D eigenvalue weighted by Gasteiger charge is 2.14. The number of amides is 1. The number of rotatable bonds is 4. The van der Waals surface area contributed by atoms with Crippen LogP contribution in [-0.4, -0.2) is 30.8 Å². The monoisotopic (exact) mass is 259 g/mol. The van der Waals surface area contributed by atoms with E-state index in [1.54, 1.807) is 19.2 Å². The zero-order valence-electron chi connectivity index (χ0n) is 11.0. The van der Waals surface area contributed by atoms with Gasteiger partial charge in [0.2, 0.25) is 0 Å². The van der Waals surface area contributed by atoms with E-state index in [2.05, 4.69) is 5.32 Å². The highest BCUT2D eigenvalue weighted by Crippen LogP contribution is 2.24. The highest BCUT2D eigenvalue weighted by atomic mass is 16.5. The molecule has 1 atom stereocenters. The number of fused-ring (bicyclic) bond motifs is 1. The molecule has 100 valence electrons. The number of ether oxygens (including phenoxy) is 1. The minimum absolute atomic E-state index is 0.0131. The fraction of sp³-hybridized carbons (Fsp3) is 0.267. The molecule has 2 aromatic rings. The normalized spacial score (nSPS) is 12.3. The molecule has 2 rings (SSSR count). The molecule has 4 nitrogen and oxygen atoms in total. The zero-order chi connectivity index (χ0) is 13.8. The number of nitrogens with one attached hydrogen (secondary N) is 1. The summed E-state index contributed by atoms with van der Waals surface area (Å²) in [6.07, 6.45) is 0. The van der Waals surface area contributed by atoms with Gasteiger partial charge in [-0.2, -0.15) is 0 Å². The number of carbonyl (C=O) groups excluding carboxylic acids is 1. The molecular formula is C15H17NO3. The maximum Gasteiger partial charge on any atom is 0.255 e. The van der Waals surface area contributed by atoms with Crippen LogP contribution in [0.3, 0.4) is 0 Å². The van der Waals surface area contributed by atoms with Crippen molar-refractivity contribution >= 4 is 16.7 Å². The topological polar surface area (TPSA) is 58.6 Å². The summed E-state index contributed by atoms with van der Waals surface area (Å²) in [6, 6.07) is 10.8. The highest BCUT2D eigenvalue weighted by molar-refractivity contribution is 6.01. The Morgan fingerprint density at radius 3 is 2.58 bits per heavy atom. The maximum absolute atomic E-state index is 12.1. The molecule has 0 saturated carbocycles. The van der Waals surface area contributed by atoms with Crippen molar-refractivity contribution in [3.05, 3.63) is 42.0 Å². The van der Waals surface area contributed by atoms with Crippen molar-refractivity contribution in [3.63, 3.8) is 0 Å².